The van der Waals surface area contributed by atoms with Crippen LogP contribution in [0.2, 0.25) is 0 Å². The number of benzene rings is 2. The number of thiophene rings is 1. The molecule has 0 N–H and O–H groups in total. The number of nitrogens with zero attached hydrogens (tertiary/aromatic N) is 5. The van der Waals surface area contributed by atoms with Crippen LogP contribution >= 0.6 is 23.1 Å². The van der Waals surface area contributed by atoms with E-state index in [0.717, 1.165) is 27.8 Å². The third-order valence-corrected chi connectivity index (χ3v) is 7.71. The number of rotatable bonds is 8. The number of carbonyl (C=O) groups is 1. The molecule has 2 aromatic heterocycles. The van der Waals surface area contributed by atoms with E-state index < -0.39 is 0 Å². The Labute approximate surface area is 217 Å². The van der Waals surface area contributed by atoms with Gasteiger partial charge in [0.15, 0.2) is 11.0 Å². The van der Waals surface area contributed by atoms with Gasteiger partial charge < -0.3 is 14.5 Å². The summed E-state index contributed by atoms with van der Waals surface area (Å²) in [6, 6.07) is 18.3. The molecule has 0 saturated carbocycles. The summed E-state index contributed by atoms with van der Waals surface area (Å²) in [5.74, 6) is 1.65. The molecule has 1 amide bonds. The van der Waals surface area contributed by atoms with Crippen LogP contribution < -0.4 is 9.64 Å². The van der Waals surface area contributed by atoms with Gasteiger partial charge in [-0.3, -0.25) is 9.36 Å². The molecule has 1 aliphatic rings. The topological polar surface area (TPSA) is 63.5 Å². The molecule has 0 atom stereocenters. The van der Waals surface area contributed by atoms with Gasteiger partial charge in [-0.05, 0) is 66.9 Å². The second kappa shape index (κ2) is 11.1. The van der Waals surface area contributed by atoms with E-state index in [1.807, 2.05) is 58.2 Å². The minimum Gasteiger partial charge on any atom is -0.494 e. The Hall–Kier alpha value is -3.37. The number of ether oxygens (including phenoxy) is 1. The maximum atomic E-state index is 13.2. The highest BCUT2D eigenvalue weighted by Crippen LogP contribution is 2.31. The van der Waals surface area contributed by atoms with E-state index in [0.29, 0.717) is 37.9 Å². The average molecular weight is 524 g/mol. The third kappa shape index (κ3) is 5.39. The van der Waals surface area contributed by atoms with Gasteiger partial charge in [-0.25, -0.2) is 4.39 Å². The van der Waals surface area contributed by atoms with Crippen LogP contribution in [0.25, 0.3) is 16.4 Å². The van der Waals surface area contributed by atoms with Crippen LogP contribution in [0.1, 0.15) is 6.92 Å². The first-order valence-electron chi connectivity index (χ1n) is 11.8. The second-order valence-electron chi connectivity index (χ2n) is 8.18. The fourth-order valence-electron chi connectivity index (χ4n) is 4.10. The average Bonchev–Trinajstić information content (AvgIpc) is 3.59. The van der Waals surface area contributed by atoms with E-state index in [-0.39, 0.29) is 17.5 Å². The summed E-state index contributed by atoms with van der Waals surface area (Å²) in [5, 5.41) is 11.5. The van der Waals surface area contributed by atoms with Crippen molar-refractivity contribution in [1.82, 2.24) is 19.7 Å². The maximum absolute atomic E-state index is 13.2. The molecule has 0 bridgehead atoms. The summed E-state index contributed by atoms with van der Waals surface area (Å²) < 4.78 is 20.8. The number of hydrogen-bond donors (Lipinski definition) is 0. The standard InChI is InChI=1S/C26H26FN5O2S2/c1-2-34-22-11-9-21(10-12-22)32-25(23-4-3-17-35-23)28-29-26(32)36-18-24(33)31-15-13-30(14-16-31)20-7-5-19(27)6-8-20/h3-12,17H,2,13-16,18H2,1H3. The van der Waals surface area contributed by atoms with E-state index in [1.165, 1.54) is 23.9 Å². The first kappa shape index (κ1) is 24.3. The van der Waals surface area contributed by atoms with E-state index >= 15 is 0 Å². The van der Waals surface area contributed by atoms with Gasteiger partial charge in [-0.1, -0.05) is 17.8 Å². The second-order valence-corrected chi connectivity index (χ2v) is 10.1. The van der Waals surface area contributed by atoms with Crippen molar-refractivity contribution < 1.29 is 13.9 Å². The molecule has 7 nitrogen and oxygen atoms in total. The first-order valence-corrected chi connectivity index (χ1v) is 13.6. The molecular formula is C26H26FN5O2S2. The van der Waals surface area contributed by atoms with E-state index in [2.05, 4.69) is 15.1 Å². The van der Waals surface area contributed by atoms with Crippen molar-refractivity contribution in [3.8, 4) is 22.1 Å². The van der Waals surface area contributed by atoms with Gasteiger partial charge in [0.25, 0.3) is 0 Å². The van der Waals surface area contributed by atoms with Crippen LogP contribution in [0.3, 0.4) is 0 Å². The Kier molecular flexibility index (Phi) is 7.52. The zero-order chi connectivity index (χ0) is 24.9. The van der Waals surface area contributed by atoms with E-state index in [9.17, 15) is 9.18 Å². The maximum Gasteiger partial charge on any atom is 0.233 e. The van der Waals surface area contributed by atoms with Crippen molar-refractivity contribution >= 4 is 34.7 Å². The number of carbonyl (C=O) groups excluding carboxylic acids is 1. The molecule has 10 heteroatoms. The summed E-state index contributed by atoms with van der Waals surface area (Å²) >= 11 is 2.99. The van der Waals surface area contributed by atoms with Crippen molar-refractivity contribution in [2.45, 2.75) is 12.1 Å². The van der Waals surface area contributed by atoms with Crippen LogP contribution in [0, 0.1) is 5.82 Å². The number of thioether (sulfide) groups is 1. The van der Waals surface area contributed by atoms with Crippen LogP contribution in [0.15, 0.2) is 71.2 Å². The van der Waals surface area contributed by atoms with Gasteiger partial charge in [0.1, 0.15) is 11.6 Å². The zero-order valence-electron chi connectivity index (χ0n) is 19.8. The van der Waals surface area contributed by atoms with Crippen molar-refractivity contribution in [3.63, 3.8) is 0 Å². The number of halogens is 1. The Morgan fingerprint density at radius 3 is 2.39 bits per heavy atom. The minimum atomic E-state index is -0.245. The smallest absolute Gasteiger partial charge is 0.233 e. The summed E-state index contributed by atoms with van der Waals surface area (Å²) in [5.41, 5.74) is 1.89. The van der Waals surface area contributed by atoms with Gasteiger partial charge >= 0.3 is 0 Å². The fourth-order valence-corrected chi connectivity index (χ4v) is 5.66. The molecule has 1 saturated heterocycles. The lowest BCUT2D eigenvalue weighted by Crippen LogP contribution is -2.49. The normalized spacial score (nSPS) is 13.7. The van der Waals surface area contributed by atoms with Gasteiger partial charge in [0, 0.05) is 31.9 Å². The van der Waals surface area contributed by atoms with Crippen molar-refractivity contribution in [1.29, 1.82) is 0 Å². The van der Waals surface area contributed by atoms with E-state index in [4.69, 9.17) is 4.74 Å². The summed E-state index contributed by atoms with van der Waals surface area (Å²) in [6.45, 7) is 5.25. The van der Waals surface area contributed by atoms with Crippen LogP contribution in [0.5, 0.6) is 5.75 Å². The van der Waals surface area contributed by atoms with Gasteiger partial charge in [0.2, 0.25) is 5.91 Å². The molecule has 0 aliphatic carbocycles. The summed E-state index contributed by atoms with van der Waals surface area (Å²) in [6.07, 6.45) is 0. The van der Waals surface area contributed by atoms with Gasteiger partial charge in [-0.15, -0.1) is 21.5 Å². The van der Waals surface area contributed by atoms with Gasteiger partial charge in [-0.2, -0.15) is 0 Å². The highest BCUT2D eigenvalue weighted by molar-refractivity contribution is 7.99. The molecule has 2 aromatic carbocycles. The quantitative estimate of drug-likeness (QED) is 0.304. The lowest BCUT2D eigenvalue weighted by Gasteiger charge is -2.36. The van der Waals surface area contributed by atoms with Crippen LogP contribution in [0.4, 0.5) is 10.1 Å². The lowest BCUT2D eigenvalue weighted by molar-refractivity contribution is -0.128. The molecule has 5 rings (SSSR count). The van der Waals surface area contributed by atoms with E-state index in [1.54, 1.807) is 23.5 Å². The predicted octanol–water partition coefficient (Wildman–Crippen LogP) is 4.97. The SMILES string of the molecule is CCOc1ccc(-n2c(SCC(=O)N3CCN(c4ccc(F)cc4)CC3)nnc2-c2cccs2)cc1. The molecule has 1 fully saturated rings. The summed E-state index contributed by atoms with van der Waals surface area (Å²) in [4.78, 5) is 18.1. The Morgan fingerprint density at radius 1 is 1.00 bits per heavy atom. The number of hydrogen-bond acceptors (Lipinski definition) is 7. The summed E-state index contributed by atoms with van der Waals surface area (Å²) in [7, 11) is 0. The van der Waals surface area contributed by atoms with Crippen molar-refractivity contribution in [3.05, 3.63) is 71.9 Å². The van der Waals surface area contributed by atoms with Crippen LogP contribution in [-0.2, 0) is 4.79 Å². The number of anilines is 1. The predicted molar refractivity (Wildman–Crippen MR) is 142 cm³/mol. The number of amides is 1. The van der Waals surface area contributed by atoms with Crippen molar-refractivity contribution in [2.24, 2.45) is 0 Å². The molecule has 0 unspecified atom stereocenters. The zero-order valence-corrected chi connectivity index (χ0v) is 21.5. The molecule has 4 aromatic rings. The first-order chi connectivity index (χ1) is 17.6. The minimum absolute atomic E-state index is 0.0673. The molecule has 0 radical (unpaired) electrons. The molecule has 186 valence electrons. The Bertz CT molecular complexity index is 1290. The molecule has 0 spiro atoms. The highest BCUT2D eigenvalue weighted by atomic mass is 32.2. The number of aromatic nitrogens is 3. The third-order valence-electron chi connectivity index (χ3n) is 5.93. The van der Waals surface area contributed by atoms with Gasteiger partial charge in [0.05, 0.1) is 22.9 Å². The lowest BCUT2D eigenvalue weighted by atomic mass is 10.2. The highest BCUT2D eigenvalue weighted by Gasteiger charge is 2.23. The largest absolute Gasteiger partial charge is 0.494 e. The monoisotopic (exact) mass is 523 g/mol. The molecule has 3 heterocycles. The fraction of sp³-hybridized carbons (Fsp3) is 0.269. The van der Waals surface area contributed by atoms with Crippen LogP contribution in [-0.4, -0.2) is 64.1 Å². The number of piperazine rings is 1. The molecule has 36 heavy (non-hydrogen) atoms. The molecule has 1 aliphatic heterocycles. The van der Waals surface area contributed by atoms with Crippen molar-refractivity contribution in [2.75, 3.05) is 43.4 Å². The Balaban J connectivity index is 1.27. The Morgan fingerprint density at radius 2 is 1.72 bits per heavy atom. The molecular weight excluding hydrogens is 497 g/mol.